The Kier molecular flexibility index (Phi) is 3.91. The predicted octanol–water partition coefficient (Wildman–Crippen LogP) is 2.11. The summed E-state index contributed by atoms with van der Waals surface area (Å²) in [5.74, 6) is 0.483. The molecule has 1 aliphatic heterocycles. The molecule has 6 nitrogen and oxygen atoms in total. The first-order valence-electron chi connectivity index (χ1n) is 7.86. The van der Waals surface area contributed by atoms with E-state index >= 15 is 0 Å². The van der Waals surface area contributed by atoms with Gasteiger partial charge >= 0.3 is 0 Å². The Balaban J connectivity index is 1.76. The number of nitrogens with one attached hydrogen (secondary N) is 1. The van der Waals surface area contributed by atoms with Crippen molar-refractivity contribution in [2.75, 3.05) is 14.2 Å². The van der Waals surface area contributed by atoms with Gasteiger partial charge in [0.25, 0.3) is 5.91 Å². The summed E-state index contributed by atoms with van der Waals surface area (Å²) in [6.07, 6.45) is 6.06. The number of carbonyl (C=O) groups excluding carboxylic acids is 2. The second-order valence-electron chi connectivity index (χ2n) is 6.65. The Labute approximate surface area is 141 Å². The molecule has 1 aliphatic carbocycles. The largest absolute Gasteiger partial charge is 0.481 e. The smallest absolute Gasteiger partial charge is 0.257 e. The maximum absolute atomic E-state index is 12.4. The van der Waals surface area contributed by atoms with Crippen LogP contribution >= 0.6 is 0 Å². The third-order valence-electron chi connectivity index (χ3n) is 4.81. The lowest BCUT2D eigenvalue weighted by Crippen LogP contribution is -2.29. The number of nitrogens with zero attached hydrogens (tertiary/aromatic N) is 2. The first-order valence-corrected chi connectivity index (χ1v) is 7.86. The van der Waals surface area contributed by atoms with Crippen molar-refractivity contribution in [2.45, 2.75) is 20.3 Å². The van der Waals surface area contributed by atoms with E-state index in [0.717, 1.165) is 12.1 Å². The van der Waals surface area contributed by atoms with E-state index in [1.54, 1.807) is 24.1 Å². The minimum atomic E-state index is -0.410. The van der Waals surface area contributed by atoms with Crippen LogP contribution in [0.1, 0.15) is 30.6 Å². The summed E-state index contributed by atoms with van der Waals surface area (Å²) < 4.78 is 4.99. The van der Waals surface area contributed by atoms with Crippen molar-refractivity contribution in [1.29, 1.82) is 0 Å². The van der Waals surface area contributed by atoms with Gasteiger partial charge in [-0.15, -0.1) is 0 Å². The van der Waals surface area contributed by atoms with Crippen molar-refractivity contribution in [3.05, 3.63) is 47.4 Å². The van der Waals surface area contributed by atoms with Crippen LogP contribution in [0.2, 0.25) is 0 Å². The zero-order valence-electron chi connectivity index (χ0n) is 14.3. The minimum absolute atomic E-state index is 0.110. The molecule has 0 bridgehead atoms. The molecule has 1 atom stereocenters. The molecule has 2 aliphatic rings. The molecule has 0 aromatic carbocycles. The molecule has 0 radical (unpaired) electrons. The van der Waals surface area contributed by atoms with Crippen LogP contribution in [0.4, 0.5) is 0 Å². The van der Waals surface area contributed by atoms with Crippen LogP contribution in [0.15, 0.2) is 41.9 Å². The number of amides is 2. The Bertz CT molecular complexity index is 747. The van der Waals surface area contributed by atoms with Crippen LogP contribution in [0, 0.1) is 11.3 Å². The fourth-order valence-electron chi connectivity index (χ4n) is 3.30. The molecule has 6 heteroatoms. The number of ether oxygens (including phenoxy) is 1. The molecule has 24 heavy (non-hydrogen) atoms. The maximum Gasteiger partial charge on any atom is 0.257 e. The molecule has 0 saturated carbocycles. The molecule has 1 unspecified atom stereocenters. The van der Waals surface area contributed by atoms with Gasteiger partial charge in [-0.25, -0.2) is 4.98 Å². The predicted molar refractivity (Wildman–Crippen MR) is 89.1 cm³/mol. The van der Waals surface area contributed by atoms with Gasteiger partial charge in [-0.3, -0.25) is 9.59 Å². The van der Waals surface area contributed by atoms with E-state index in [-0.39, 0.29) is 17.7 Å². The molecule has 1 saturated heterocycles. The van der Waals surface area contributed by atoms with Crippen molar-refractivity contribution in [3.63, 3.8) is 0 Å². The minimum Gasteiger partial charge on any atom is -0.481 e. The molecular weight excluding hydrogens is 306 g/mol. The molecule has 1 aromatic rings. The van der Waals surface area contributed by atoms with Crippen molar-refractivity contribution in [1.82, 2.24) is 15.2 Å². The van der Waals surface area contributed by atoms with E-state index in [1.165, 1.54) is 13.3 Å². The highest BCUT2D eigenvalue weighted by Gasteiger charge is 2.49. The fraction of sp³-hybridized carbons (Fsp3) is 0.389. The number of methoxy groups -OCH3 is 1. The Morgan fingerprint density at radius 3 is 2.79 bits per heavy atom. The third-order valence-corrected chi connectivity index (χ3v) is 4.81. The Morgan fingerprint density at radius 2 is 2.17 bits per heavy atom. The van der Waals surface area contributed by atoms with Crippen LogP contribution in [0.5, 0.6) is 5.88 Å². The lowest BCUT2D eigenvalue weighted by molar-refractivity contribution is -0.133. The monoisotopic (exact) mass is 327 g/mol. The summed E-state index contributed by atoms with van der Waals surface area (Å²) in [6, 6.07) is 3.30. The SMILES string of the molecule is COc1ccc(C(=O)NC2=CCC3C(=C2)N(C)C(=O)C3(C)C)cn1. The molecular formula is C18H21N3O3. The van der Waals surface area contributed by atoms with Crippen LogP contribution in [-0.4, -0.2) is 35.9 Å². The molecule has 126 valence electrons. The van der Waals surface area contributed by atoms with Crippen LogP contribution < -0.4 is 10.1 Å². The Hall–Kier alpha value is -2.63. The molecule has 2 amide bonds. The average molecular weight is 327 g/mol. The van der Waals surface area contributed by atoms with E-state index in [9.17, 15) is 9.59 Å². The highest BCUT2D eigenvalue weighted by molar-refractivity contribution is 5.95. The Morgan fingerprint density at radius 1 is 1.42 bits per heavy atom. The van der Waals surface area contributed by atoms with Gasteiger partial charge in [0.05, 0.1) is 18.1 Å². The van der Waals surface area contributed by atoms with E-state index < -0.39 is 5.41 Å². The molecule has 2 heterocycles. The summed E-state index contributed by atoms with van der Waals surface area (Å²) in [5.41, 5.74) is 1.70. The average Bonchev–Trinajstić information content (AvgIpc) is 2.75. The van der Waals surface area contributed by atoms with E-state index in [4.69, 9.17) is 4.74 Å². The number of rotatable bonds is 3. The van der Waals surface area contributed by atoms with Crippen molar-refractivity contribution in [2.24, 2.45) is 11.3 Å². The van der Waals surface area contributed by atoms with Crippen LogP contribution in [0.25, 0.3) is 0 Å². The summed E-state index contributed by atoms with van der Waals surface area (Å²) >= 11 is 0. The van der Waals surface area contributed by atoms with E-state index in [1.807, 2.05) is 26.0 Å². The highest BCUT2D eigenvalue weighted by atomic mass is 16.5. The fourth-order valence-corrected chi connectivity index (χ4v) is 3.30. The van der Waals surface area contributed by atoms with Gasteiger partial charge in [0.15, 0.2) is 0 Å². The normalized spacial score (nSPS) is 21.8. The topological polar surface area (TPSA) is 71.5 Å². The number of hydrogen-bond acceptors (Lipinski definition) is 4. The van der Waals surface area contributed by atoms with Gasteiger partial charge < -0.3 is 15.0 Å². The number of carbonyl (C=O) groups is 2. The zero-order valence-corrected chi connectivity index (χ0v) is 14.3. The third kappa shape index (κ3) is 2.58. The summed E-state index contributed by atoms with van der Waals surface area (Å²) in [7, 11) is 3.31. The first kappa shape index (κ1) is 16.2. The molecule has 1 N–H and O–H groups in total. The summed E-state index contributed by atoms with van der Waals surface area (Å²) in [6.45, 7) is 3.94. The van der Waals surface area contributed by atoms with Gasteiger partial charge in [-0.05, 0) is 18.6 Å². The number of pyridine rings is 1. The van der Waals surface area contributed by atoms with Crippen molar-refractivity contribution in [3.8, 4) is 5.88 Å². The molecule has 1 aromatic heterocycles. The van der Waals surface area contributed by atoms with Gasteiger partial charge in [0, 0.05) is 36.6 Å². The quantitative estimate of drug-likeness (QED) is 0.923. The highest BCUT2D eigenvalue weighted by Crippen LogP contribution is 2.46. The summed E-state index contributed by atoms with van der Waals surface area (Å²) in [4.78, 5) is 30.4. The second kappa shape index (κ2) is 5.78. The molecule has 3 rings (SSSR count). The zero-order chi connectivity index (χ0) is 17.5. The molecule has 0 spiro atoms. The maximum atomic E-state index is 12.4. The molecule has 1 fully saturated rings. The number of likely N-dealkylation sites (tertiary alicyclic amines) is 1. The standard InChI is InChI=1S/C18H21N3O3/c1-18(2)13-7-6-12(9-14(13)21(3)17(18)23)20-16(22)11-5-8-15(24-4)19-10-11/h5-6,8-10,13H,7H2,1-4H3,(H,20,22). The number of hydrogen-bond donors (Lipinski definition) is 1. The van der Waals surface area contributed by atoms with Gasteiger partial charge in [0.1, 0.15) is 0 Å². The van der Waals surface area contributed by atoms with E-state index in [2.05, 4.69) is 10.3 Å². The van der Waals surface area contributed by atoms with Crippen LogP contribution in [-0.2, 0) is 4.79 Å². The van der Waals surface area contributed by atoms with Crippen LogP contribution in [0.3, 0.4) is 0 Å². The first-order chi connectivity index (χ1) is 11.3. The lowest BCUT2D eigenvalue weighted by atomic mass is 9.76. The second-order valence-corrected chi connectivity index (χ2v) is 6.65. The van der Waals surface area contributed by atoms with Gasteiger partial charge in [-0.2, -0.15) is 0 Å². The van der Waals surface area contributed by atoms with Gasteiger partial charge in [-0.1, -0.05) is 19.9 Å². The van der Waals surface area contributed by atoms with Crippen molar-refractivity contribution >= 4 is 11.8 Å². The van der Waals surface area contributed by atoms with E-state index in [0.29, 0.717) is 17.1 Å². The number of aromatic nitrogens is 1. The number of allylic oxidation sites excluding steroid dienone is 3. The van der Waals surface area contributed by atoms with Crippen molar-refractivity contribution < 1.29 is 14.3 Å². The summed E-state index contributed by atoms with van der Waals surface area (Å²) in [5, 5.41) is 2.88. The number of fused-ring (bicyclic) bond motifs is 1. The van der Waals surface area contributed by atoms with Gasteiger partial charge in [0.2, 0.25) is 11.8 Å². The lowest BCUT2D eigenvalue weighted by Gasteiger charge is -2.25.